The molecule has 7 nitrogen and oxygen atoms in total. The molecule has 0 bridgehead atoms. The number of ether oxygens (including phenoxy) is 3. The smallest absolute Gasteiger partial charge is 0.311 e. The number of benzene rings is 2. The number of hydrogen-bond donors (Lipinski definition) is 2. The molecule has 0 aromatic heterocycles. The van der Waals surface area contributed by atoms with Crippen molar-refractivity contribution in [1.29, 1.82) is 0 Å². The molecule has 29 heavy (non-hydrogen) atoms. The van der Waals surface area contributed by atoms with E-state index < -0.39 is 5.97 Å². The zero-order valence-electron chi connectivity index (χ0n) is 16.7. The van der Waals surface area contributed by atoms with E-state index in [1.54, 1.807) is 37.3 Å². The van der Waals surface area contributed by atoms with Crippen LogP contribution in [-0.4, -0.2) is 37.7 Å². The van der Waals surface area contributed by atoms with Crippen LogP contribution in [0, 0.1) is 0 Å². The summed E-state index contributed by atoms with van der Waals surface area (Å²) in [4.78, 5) is 23.7. The van der Waals surface area contributed by atoms with Crippen molar-refractivity contribution in [2.24, 2.45) is 0 Å². The molecule has 0 fully saturated rings. The highest BCUT2D eigenvalue weighted by molar-refractivity contribution is 5.92. The first-order valence-electron chi connectivity index (χ1n) is 9.17. The summed E-state index contributed by atoms with van der Waals surface area (Å²) in [6, 6.07) is 10.1. The molecule has 0 unspecified atom stereocenters. The van der Waals surface area contributed by atoms with Gasteiger partial charge in [-0.3, -0.25) is 9.59 Å². The Balaban J connectivity index is 2.01. The number of nitrogens with one attached hydrogen (secondary N) is 1. The molecule has 2 aromatic carbocycles. The lowest BCUT2D eigenvalue weighted by atomic mass is 10.1. The Kier molecular flexibility index (Phi) is 8.09. The Morgan fingerprint density at radius 1 is 1.07 bits per heavy atom. The molecule has 0 aliphatic heterocycles. The molecule has 154 valence electrons. The van der Waals surface area contributed by atoms with E-state index in [1.807, 2.05) is 12.1 Å². The number of aromatic hydroxyl groups is 1. The third kappa shape index (κ3) is 6.57. The van der Waals surface area contributed by atoms with Gasteiger partial charge in [-0.1, -0.05) is 19.1 Å². The van der Waals surface area contributed by atoms with E-state index in [0.717, 1.165) is 5.56 Å². The van der Waals surface area contributed by atoms with Gasteiger partial charge in [-0.05, 0) is 47.9 Å². The van der Waals surface area contributed by atoms with Gasteiger partial charge in [0.1, 0.15) is 5.75 Å². The predicted octanol–water partition coefficient (Wildman–Crippen LogP) is 3.10. The van der Waals surface area contributed by atoms with Crippen molar-refractivity contribution in [1.82, 2.24) is 5.32 Å². The van der Waals surface area contributed by atoms with Crippen molar-refractivity contribution < 1.29 is 28.9 Å². The van der Waals surface area contributed by atoms with Gasteiger partial charge in [0.05, 0.1) is 14.2 Å². The van der Waals surface area contributed by atoms with Crippen LogP contribution in [0.4, 0.5) is 0 Å². The maximum Gasteiger partial charge on any atom is 0.311 e. The summed E-state index contributed by atoms with van der Waals surface area (Å²) >= 11 is 0. The van der Waals surface area contributed by atoms with Gasteiger partial charge in [0.25, 0.3) is 0 Å². The lowest BCUT2D eigenvalue weighted by molar-refractivity contribution is -0.134. The topological polar surface area (TPSA) is 94.1 Å². The minimum atomic E-state index is -0.405. The van der Waals surface area contributed by atoms with Crippen LogP contribution in [0.15, 0.2) is 42.5 Å². The Hall–Kier alpha value is -3.48. The zero-order valence-corrected chi connectivity index (χ0v) is 16.7. The molecular formula is C22H25NO6. The molecule has 0 spiro atoms. The Labute approximate surface area is 169 Å². The van der Waals surface area contributed by atoms with E-state index in [4.69, 9.17) is 14.2 Å². The van der Waals surface area contributed by atoms with Crippen LogP contribution in [0.25, 0.3) is 6.08 Å². The summed E-state index contributed by atoms with van der Waals surface area (Å²) in [6.45, 7) is 2.16. The van der Waals surface area contributed by atoms with Gasteiger partial charge in [-0.15, -0.1) is 0 Å². The van der Waals surface area contributed by atoms with E-state index in [9.17, 15) is 14.7 Å². The van der Waals surface area contributed by atoms with Crippen molar-refractivity contribution in [3.63, 3.8) is 0 Å². The molecule has 2 N–H and O–H groups in total. The molecule has 0 radical (unpaired) electrons. The van der Waals surface area contributed by atoms with Gasteiger partial charge >= 0.3 is 5.97 Å². The van der Waals surface area contributed by atoms with E-state index in [-0.39, 0.29) is 23.8 Å². The van der Waals surface area contributed by atoms with Crippen molar-refractivity contribution in [3.05, 3.63) is 53.6 Å². The van der Waals surface area contributed by atoms with Gasteiger partial charge in [0.15, 0.2) is 11.5 Å². The molecule has 1 amide bonds. The summed E-state index contributed by atoms with van der Waals surface area (Å²) in [6.07, 6.45) is 3.90. The van der Waals surface area contributed by atoms with Crippen molar-refractivity contribution in [2.45, 2.75) is 19.8 Å². The highest BCUT2D eigenvalue weighted by Crippen LogP contribution is 2.39. The molecular weight excluding hydrogens is 374 g/mol. The average Bonchev–Trinajstić information content (AvgIpc) is 2.73. The summed E-state index contributed by atoms with van der Waals surface area (Å²) < 4.78 is 15.9. The van der Waals surface area contributed by atoms with Crippen LogP contribution in [0.2, 0.25) is 0 Å². The first kappa shape index (κ1) is 21.8. The molecule has 7 heteroatoms. The Morgan fingerprint density at radius 2 is 1.69 bits per heavy atom. The number of rotatable bonds is 9. The third-order valence-corrected chi connectivity index (χ3v) is 4.06. The van der Waals surface area contributed by atoms with Crippen LogP contribution in [0.1, 0.15) is 24.5 Å². The van der Waals surface area contributed by atoms with E-state index in [1.165, 1.54) is 20.3 Å². The van der Waals surface area contributed by atoms with Gasteiger partial charge in [0, 0.05) is 19.0 Å². The monoisotopic (exact) mass is 399 g/mol. The van der Waals surface area contributed by atoms with E-state index in [2.05, 4.69) is 5.32 Å². The summed E-state index contributed by atoms with van der Waals surface area (Å²) in [5.41, 5.74) is 1.67. The molecule has 0 heterocycles. The molecule has 0 saturated heterocycles. The minimum absolute atomic E-state index is 0.206. The predicted molar refractivity (Wildman–Crippen MR) is 109 cm³/mol. The number of hydrogen-bond acceptors (Lipinski definition) is 6. The van der Waals surface area contributed by atoms with Gasteiger partial charge in [-0.25, -0.2) is 0 Å². The molecule has 0 aliphatic rings. The maximum atomic E-state index is 12.1. The number of carbonyl (C=O) groups is 2. The minimum Gasteiger partial charge on any atom is -0.508 e. The van der Waals surface area contributed by atoms with Crippen LogP contribution >= 0.6 is 0 Å². The van der Waals surface area contributed by atoms with Gasteiger partial charge < -0.3 is 24.6 Å². The third-order valence-electron chi connectivity index (χ3n) is 4.06. The first-order chi connectivity index (χ1) is 14.0. The van der Waals surface area contributed by atoms with Crippen LogP contribution in [-0.2, 0) is 16.0 Å². The number of carbonyl (C=O) groups excluding carboxylic acids is 2. The van der Waals surface area contributed by atoms with Gasteiger partial charge in [0.2, 0.25) is 11.7 Å². The second-order valence-corrected chi connectivity index (χ2v) is 6.12. The summed E-state index contributed by atoms with van der Waals surface area (Å²) in [5, 5.41) is 12.1. The molecule has 0 saturated carbocycles. The number of esters is 1. The average molecular weight is 399 g/mol. The summed E-state index contributed by atoms with van der Waals surface area (Å²) in [5.74, 6) is 0.428. The second kappa shape index (κ2) is 10.8. The van der Waals surface area contributed by atoms with Crippen LogP contribution in [0.3, 0.4) is 0 Å². The largest absolute Gasteiger partial charge is 0.508 e. The Morgan fingerprint density at radius 3 is 2.24 bits per heavy atom. The van der Waals surface area contributed by atoms with Crippen LogP contribution < -0.4 is 19.5 Å². The lowest BCUT2D eigenvalue weighted by Gasteiger charge is -2.13. The fraction of sp³-hybridized carbons (Fsp3) is 0.273. The summed E-state index contributed by atoms with van der Waals surface area (Å²) in [7, 11) is 2.92. The fourth-order valence-corrected chi connectivity index (χ4v) is 2.51. The van der Waals surface area contributed by atoms with E-state index in [0.29, 0.717) is 30.0 Å². The van der Waals surface area contributed by atoms with Crippen molar-refractivity contribution >= 4 is 18.0 Å². The quantitative estimate of drug-likeness (QED) is 0.382. The Bertz CT molecular complexity index is 848. The van der Waals surface area contributed by atoms with Crippen molar-refractivity contribution in [3.8, 4) is 23.0 Å². The van der Waals surface area contributed by atoms with E-state index >= 15 is 0 Å². The fourth-order valence-electron chi connectivity index (χ4n) is 2.51. The second-order valence-electron chi connectivity index (χ2n) is 6.12. The number of phenols is 1. The number of amides is 1. The highest BCUT2D eigenvalue weighted by Gasteiger charge is 2.16. The standard InChI is InChI=1S/C22H25NO6/c1-4-21(26)29-22-18(27-2)13-16(14-19(22)28-3)7-10-20(25)23-12-11-15-5-8-17(24)9-6-15/h5-10,13-14,24H,4,11-12H2,1-3H3,(H,23,25)/b10-7+. The first-order valence-corrected chi connectivity index (χ1v) is 9.17. The maximum absolute atomic E-state index is 12.1. The number of phenolic OH excluding ortho intramolecular Hbond substituents is 1. The molecule has 2 aromatic rings. The van der Waals surface area contributed by atoms with Crippen LogP contribution in [0.5, 0.6) is 23.0 Å². The lowest BCUT2D eigenvalue weighted by Crippen LogP contribution is -2.23. The molecule has 0 aliphatic carbocycles. The zero-order chi connectivity index (χ0) is 21.2. The SMILES string of the molecule is CCC(=O)Oc1c(OC)cc(/C=C/C(=O)NCCc2ccc(O)cc2)cc1OC. The van der Waals surface area contributed by atoms with Crippen molar-refractivity contribution in [2.75, 3.05) is 20.8 Å². The molecule has 0 atom stereocenters. The molecule has 2 rings (SSSR count). The highest BCUT2D eigenvalue weighted by atomic mass is 16.6. The number of methoxy groups -OCH3 is 2. The normalized spacial score (nSPS) is 10.6. The van der Waals surface area contributed by atoms with Gasteiger partial charge in [-0.2, -0.15) is 0 Å².